The maximum absolute atomic E-state index is 12.2. The van der Waals surface area contributed by atoms with Crippen molar-refractivity contribution >= 4 is 21.7 Å². The number of aromatic amines is 2. The van der Waals surface area contributed by atoms with Crippen molar-refractivity contribution in [3.8, 4) is 22.6 Å². The number of benzene rings is 3. The lowest BCUT2D eigenvalue weighted by molar-refractivity contribution is 0.881. The molecule has 0 atom stereocenters. The van der Waals surface area contributed by atoms with E-state index in [0.29, 0.717) is 11.5 Å². The van der Waals surface area contributed by atoms with Crippen LogP contribution in [0.2, 0.25) is 0 Å². The van der Waals surface area contributed by atoms with Gasteiger partial charge in [0.05, 0.1) is 11.2 Å². The van der Waals surface area contributed by atoms with E-state index >= 15 is 0 Å². The first-order chi connectivity index (χ1) is 12.8. The van der Waals surface area contributed by atoms with Crippen LogP contribution >= 0.6 is 0 Å². The highest BCUT2D eigenvalue weighted by atomic mass is 16.1. The number of tetrazole rings is 1. The van der Waals surface area contributed by atoms with E-state index in [1.807, 2.05) is 60.7 Å². The van der Waals surface area contributed by atoms with Gasteiger partial charge in [-0.1, -0.05) is 54.6 Å². The highest BCUT2D eigenvalue weighted by Gasteiger charge is 2.12. The minimum absolute atomic E-state index is 0.381. The molecule has 3 aromatic carbocycles. The number of hydrogen-bond acceptors (Lipinski definition) is 5. The normalized spacial score (nSPS) is 11.2. The molecule has 0 spiro atoms. The van der Waals surface area contributed by atoms with Crippen LogP contribution in [0.4, 0.5) is 0 Å². The third kappa shape index (κ3) is 2.26. The van der Waals surface area contributed by atoms with Crippen LogP contribution in [0.25, 0.3) is 44.3 Å². The Labute approximate surface area is 146 Å². The number of hydrogen-bond donors (Lipinski definition) is 2. The van der Waals surface area contributed by atoms with Crippen LogP contribution in [-0.4, -0.2) is 30.6 Å². The van der Waals surface area contributed by atoms with Crippen LogP contribution in [0, 0.1) is 0 Å². The van der Waals surface area contributed by atoms with Gasteiger partial charge in [0.2, 0.25) is 5.82 Å². The molecule has 0 bridgehead atoms. The molecule has 0 radical (unpaired) electrons. The molecule has 0 saturated heterocycles. The summed E-state index contributed by atoms with van der Waals surface area (Å²) < 4.78 is 0. The molecule has 5 rings (SSSR count). The van der Waals surface area contributed by atoms with Crippen LogP contribution in [-0.2, 0) is 0 Å². The van der Waals surface area contributed by atoms with Gasteiger partial charge in [-0.15, -0.1) is 10.2 Å². The van der Waals surface area contributed by atoms with Gasteiger partial charge in [0, 0.05) is 21.9 Å². The average molecular weight is 340 g/mol. The Morgan fingerprint density at radius 3 is 2.62 bits per heavy atom. The van der Waals surface area contributed by atoms with Crippen molar-refractivity contribution < 1.29 is 0 Å². The van der Waals surface area contributed by atoms with E-state index in [1.165, 1.54) is 0 Å². The van der Waals surface area contributed by atoms with E-state index in [4.69, 9.17) is 0 Å². The molecule has 0 aliphatic rings. The molecule has 7 nitrogen and oxygen atoms in total. The molecule has 0 amide bonds. The second-order valence-electron chi connectivity index (χ2n) is 5.92. The van der Waals surface area contributed by atoms with Gasteiger partial charge in [-0.05, 0) is 16.7 Å². The first-order valence-electron chi connectivity index (χ1n) is 8.06. The number of aromatic nitrogens is 6. The largest absolute Gasteiger partial charge is 0.345 e. The molecule has 0 unspecified atom stereocenters. The summed E-state index contributed by atoms with van der Waals surface area (Å²) in [6.45, 7) is 0. The van der Waals surface area contributed by atoms with Crippen molar-refractivity contribution in [3.63, 3.8) is 0 Å². The van der Waals surface area contributed by atoms with Crippen LogP contribution < -0.4 is 5.69 Å². The minimum atomic E-state index is -0.381. The van der Waals surface area contributed by atoms with Gasteiger partial charge in [-0.25, -0.2) is 4.79 Å². The fourth-order valence-corrected chi connectivity index (χ4v) is 3.21. The summed E-state index contributed by atoms with van der Waals surface area (Å²) in [6, 6.07) is 19.6. The summed E-state index contributed by atoms with van der Waals surface area (Å²) >= 11 is 0. The second kappa shape index (κ2) is 5.59. The molecular weight excluding hydrogens is 328 g/mol. The van der Waals surface area contributed by atoms with E-state index in [-0.39, 0.29) is 5.69 Å². The van der Waals surface area contributed by atoms with E-state index < -0.39 is 0 Å². The molecule has 124 valence electrons. The number of H-pyrrole nitrogens is 2. The van der Waals surface area contributed by atoms with Gasteiger partial charge in [0.1, 0.15) is 0 Å². The van der Waals surface area contributed by atoms with Crippen LogP contribution in [0.1, 0.15) is 0 Å². The molecule has 2 aromatic heterocycles. The molecule has 0 fully saturated rings. The van der Waals surface area contributed by atoms with Crippen molar-refractivity contribution in [2.24, 2.45) is 0 Å². The number of nitrogens with zero attached hydrogens (tertiary/aromatic N) is 4. The summed E-state index contributed by atoms with van der Waals surface area (Å²) in [6.07, 6.45) is 0. The van der Waals surface area contributed by atoms with Gasteiger partial charge >= 0.3 is 5.69 Å². The minimum Gasteiger partial charge on any atom is -0.305 e. The lowest BCUT2D eigenvalue weighted by Gasteiger charge is -2.09. The monoisotopic (exact) mass is 340 g/mol. The maximum Gasteiger partial charge on any atom is 0.345 e. The van der Waals surface area contributed by atoms with Crippen molar-refractivity contribution in [2.75, 3.05) is 0 Å². The first-order valence-corrected chi connectivity index (χ1v) is 8.06. The van der Waals surface area contributed by atoms with Crippen molar-refractivity contribution in [1.29, 1.82) is 0 Å². The highest BCUT2D eigenvalue weighted by molar-refractivity contribution is 6.09. The molecule has 0 saturated carbocycles. The number of fused-ring (bicyclic) bond motifs is 3. The second-order valence-corrected chi connectivity index (χ2v) is 5.92. The van der Waals surface area contributed by atoms with Gasteiger partial charge in [0.15, 0.2) is 0 Å². The summed E-state index contributed by atoms with van der Waals surface area (Å²) in [5.74, 6) is 0.492. The third-order valence-corrected chi connectivity index (χ3v) is 4.37. The van der Waals surface area contributed by atoms with E-state index in [2.05, 4.69) is 30.6 Å². The maximum atomic E-state index is 12.2. The Hall–Kier alpha value is -3.87. The standard InChI is InChI=1S/C19H12N6O/c26-19-20-16(12-5-3-6-13(10-12)18-22-24-25-23-18)15-9-8-11-4-1-2-7-14(11)17(15)21-19/h1-10H,(H,20,21,26)(H,22,23,24,25). The summed E-state index contributed by atoms with van der Waals surface area (Å²) in [5.41, 5.74) is 2.64. The predicted molar refractivity (Wildman–Crippen MR) is 98.5 cm³/mol. The summed E-state index contributed by atoms with van der Waals surface area (Å²) in [7, 11) is 0. The molecular formula is C19H12N6O. The molecule has 0 aliphatic carbocycles. The number of nitrogens with one attached hydrogen (secondary N) is 2. The molecule has 5 aromatic rings. The highest BCUT2D eigenvalue weighted by Crippen LogP contribution is 2.30. The van der Waals surface area contributed by atoms with Crippen molar-refractivity contribution in [3.05, 3.63) is 71.1 Å². The number of rotatable bonds is 2. The Balaban J connectivity index is 1.81. The lowest BCUT2D eigenvalue weighted by atomic mass is 10.0. The van der Waals surface area contributed by atoms with E-state index in [0.717, 1.165) is 32.8 Å². The Morgan fingerprint density at radius 1 is 0.846 bits per heavy atom. The summed E-state index contributed by atoms with van der Waals surface area (Å²) in [5, 5.41) is 17.0. The zero-order valence-corrected chi connectivity index (χ0v) is 13.5. The van der Waals surface area contributed by atoms with Gasteiger partial charge in [-0.3, -0.25) is 0 Å². The van der Waals surface area contributed by atoms with Crippen LogP contribution in [0.15, 0.2) is 65.5 Å². The smallest absolute Gasteiger partial charge is 0.305 e. The fourth-order valence-electron chi connectivity index (χ4n) is 3.21. The average Bonchev–Trinajstić information content (AvgIpc) is 3.22. The summed E-state index contributed by atoms with van der Waals surface area (Å²) in [4.78, 5) is 19.3. The molecule has 2 heterocycles. The molecule has 26 heavy (non-hydrogen) atoms. The molecule has 0 aliphatic heterocycles. The quantitative estimate of drug-likeness (QED) is 0.481. The Morgan fingerprint density at radius 2 is 1.73 bits per heavy atom. The molecule has 7 heteroatoms. The zero-order chi connectivity index (χ0) is 17.5. The Bertz CT molecular complexity index is 1310. The molecule has 2 N–H and O–H groups in total. The van der Waals surface area contributed by atoms with E-state index in [1.54, 1.807) is 0 Å². The topological polar surface area (TPSA) is 100 Å². The van der Waals surface area contributed by atoms with Gasteiger partial charge in [0.25, 0.3) is 0 Å². The van der Waals surface area contributed by atoms with Crippen molar-refractivity contribution in [1.82, 2.24) is 30.6 Å². The third-order valence-electron chi connectivity index (χ3n) is 4.37. The van der Waals surface area contributed by atoms with Crippen molar-refractivity contribution in [2.45, 2.75) is 0 Å². The van der Waals surface area contributed by atoms with E-state index in [9.17, 15) is 4.79 Å². The Kier molecular flexibility index (Phi) is 3.11. The van der Waals surface area contributed by atoms with Crippen LogP contribution in [0.3, 0.4) is 0 Å². The predicted octanol–water partition coefficient (Wildman–Crippen LogP) is 2.92. The zero-order valence-electron chi connectivity index (χ0n) is 13.5. The lowest BCUT2D eigenvalue weighted by Crippen LogP contribution is -2.11. The van der Waals surface area contributed by atoms with Gasteiger partial charge < -0.3 is 4.98 Å². The first kappa shape index (κ1) is 14.5. The van der Waals surface area contributed by atoms with Crippen LogP contribution in [0.5, 0.6) is 0 Å². The van der Waals surface area contributed by atoms with Gasteiger partial charge in [-0.2, -0.15) is 10.2 Å². The SMILES string of the molecule is O=c1nc(-c2cccc(-c3nn[nH]n3)c2)c2ccc3ccccc3c2[nH]1. The fraction of sp³-hybridized carbons (Fsp3) is 0.